The summed E-state index contributed by atoms with van der Waals surface area (Å²) < 4.78 is 0. The van der Waals surface area contributed by atoms with Gasteiger partial charge in [-0.2, -0.15) is 0 Å². The van der Waals surface area contributed by atoms with E-state index in [1.807, 2.05) is 13.0 Å². The Morgan fingerprint density at radius 3 is 2.72 bits per heavy atom. The second kappa shape index (κ2) is 7.38. The number of hydrogen-bond donors (Lipinski definition) is 1. The summed E-state index contributed by atoms with van der Waals surface area (Å²) >= 11 is 7.67. The summed E-state index contributed by atoms with van der Waals surface area (Å²) in [7, 11) is 0. The largest absolute Gasteiger partial charge is 0.352 e. The van der Waals surface area contributed by atoms with Crippen molar-refractivity contribution in [2.45, 2.75) is 50.0 Å². The summed E-state index contributed by atoms with van der Waals surface area (Å²) in [6.07, 6.45) is 6.77. The third-order valence-electron chi connectivity index (χ3n) is 5.12. The molecule has 1 saturated heterocycles. The highest BCUT2D eigenvalue weighted by Gasteiger charge is 2.29. The predicted molar refractivity (Wildman–Crippen MR) is 103 cm³/mol. The summed E-state index contributed by atoms with van der Waals surface area (Å²) in [6, 6.07) is 1.84. The van der Waals surface area contributed by atoms with E-state index in [2.05, 4.69) is 33.7 Å². The van der Waals surface area contributed by atoms with Gasteiger partial charge in [0.2, 0.25) is 0 Å². The van der Waals surface area contributed by atoms with Crippen LogP contribution in [0.4, 0.5) is 5.82 Å². The van der Waals surface area contributed by atoms with E-state index in [1.54, 1.807) is 12.4 Å². The average molecular weight is 379 g/mol. The van der Waals surface area contributed by atoms with Crippen molar-refractivity contribution in [1.29, 1.82) is 0 Å². The van der Waals surface area contributed by atoms with Crippen LogP contribution in [0.3, 0.4) is 0 Å². The monoisotopic (exact) mass is 378 g/mol. The molecule has 2 aromatic heterocycles. The van der Waals surface area contributed by atoms with Crippen LogP contribution in [-0.2, 0) is 0 Å². The second-order valence-corrected chi connectivity index (χ2v) is 8.32. The third kappa shape index (κ3) is 4.01. The molecule has 1 aliphatic heterocycles. The summed E-state index contributed by atoms with van der Waals surface area (Å²) in [6.45, 7) is 8.17. The van der Waals surface area contributed by atoms with E-state index in [0.29, 0.717) is 21.3 Å². The Bertz CT molecular complexity index is 815. The van der Waals surface area contributed by atoms with Crippen LogP contribution in [-0.4, -0.2) is 28.0 Å². The van der Waals surface area contributed by atoms with Crippen molar-refractivity contribution in [2.75, 3.05) is 18.0 Å². The van der Waals surface area contributed by atoms with Gasteiger partial charge in [0.25, 0.3) is 5.56 Å². The number of nitrogens with zero attached hydrogens (tertiary/aromatic N) is 3. The minimum atomic E-state index is -0.146. The fourth-order valence-electron chi connectivity index (χ4n) is 2.99. The van der Waals surface area contributed by atoms with Gasteiger partial charge in [-0.25, -0.2) is 4.98 Å². The Morgan fingerprint density at radius 1 is 1.36 bits per heavy atom. The molecule has 1 aliphatic rings. The van der Waals surface area contributed by atoms with Crippen molar-refractivity contribution in [3.05, 3.63) is 39.5 Å². The molecule has 3 heterocycles. The zero-order chi connectivity index (χ0) is 18.0. The van der Waals surface area contributed by atoms with E-state index >= 15 is 0 Å². The van der Waals surface area contributed by atoms with Crippen LogP contribution < -0.4 is 10.5 Å². The maximum atomic E-state index is 12.5. The van der Waals surface area contributed by atoms with Crippen molar-refractivity contribution >= 4 is 29.2 Å². The molecule has 3 rings (SSSR count). The highest BCUT2D eigenvalue weighted by molar-refractivity contribution is 7.99. The van der Waals surface area contributed by atoms with Crippen LogP contribution >= 0.6 is 23.4 Å². The maximum Gasteiger partial charge on any atom is 0.291 e. The Hall–Kier alpha value is -1.53. The van der Waals surface area contributed by atoms with E-state index in [1.165, 1.54) is 18.2 Å². The van der Waals surface area contributed by atoms with Crippen LogP contribution in [0.15, 0.2) is 33.2 Å². The minimum Gasteiger partial charge on any atom is -0.352 e. The molecule has 1 N–H and O–H groups in total. The molecule has 1 fully saturated rings. The molecule has 0 aliphatic carbocycles. The lowest BCUT2D eigenvalue weighted by Crippen LogP contribution is -2.41. The molecule has 134 valence electrons. The van der Waals surface area contributed by atoms with Crippen LogP contribution in [0, 0.1) is 12.3 Å². The molecule has 7 heteroatoms. The summed E-state index contributed by atoms with van der Waals surface area (Å²) in [5, 5.41) is 1.28. The van der Waals surface area contributed by atoms with Gasteiger partial charge in [-0.3, -0.25) is 9.78 Å². The first-order valence-electron chi connectivity index (χ1n) is 8.55. The third-order valence-corrected chi connectivity index (χ3v) is 6.69. The number of aromatic nitrogens is 3. The number of H-pyrrole nitrogens is 1. The van der Waals surface area contributed by atoms with Gasteiger partial charge in [0, 0.05) is 24.2 Å². The number of aromatic amines is 1. The highest BCUT2D eigenvalue weighted by atomic mass is 35.5. The van der Waals surface area contributed by atoms with Crippen molar-refractivity contribution in [3.63, 3.8) is 0 Å². The molecule has 0 unspecified atom stereocenters. The van der Waals surface area contributed by atoms with Crippen LogP contribution in [0.1, 0.15) is 38.8 Å². The molecule has 0 aromatic carbocycles. The van der Waals surface area contributed by atoms with Gasteiger partial charge >= 0.3 is 0 Å². The molecule has 25 heavy (non-hydrogen) atoms. The first kappa shape index (κ1) is 18.3. The SMILES string of the molecule is CCC1(C)CCN(c2ncc(Sc3ccnc(C)c3Cl)[nH]c2=O)CC1. The molecule has 5 nitrogen and oxygen atoms in total. The smallest absolute Gasteiger partial charge is 0.291 e. The Kier molecular flexibility index (Phi) is 5.39. The van der Waals surface area contributed by atoms with Crippen molar-refractivity contribution in [1.82, 2.24) is 15.0 Å². The number of hydrogen-bond acceptors (Lipinski definition) is 5. The predicted octanol–water partition coefficient (Wildman–Crippen LogP) is 4.29. The maximum absolute atomic E-state index is 12.5. The first-order valence-corrected chi connectivity index (χ1v) is 9.74. The van der Waals surface area contributed by atoms with Gasteiger partial charge in [-0.15, -0.1) is 0 Å². The number of aryl methyl sites for hydroxylation is 1. The standard InChI is InChI=1S/C18H23ClN4OS/c1-4-18(3)6-9-23(10-7-18)16-17(24)22-14(11-21-16)25-13-5-8-20-12(2)15(13)19/h5,8,11H,4,6-7,9-10H2,1-3H3,(H,22,24). The van der Waals surface area contributed by atoms with E-state index in [0.717, 1.165) is 36.5 Å². The minimum absolute atomic E-state index is 0.146. The topological polar surface area (TPSA) is 61.9 Å². The van der Waals surface area contributed by atoms with Gasteiger partial charge in [0.1, 0.15) is 0 Å². The molecule has 0 spiro atoms. The second-order valence-electron chi connectivity index (χ2n) is 6.86. The summed E-state index contributed by atoms with van der Waals surface area (Å²) in [5.41, 5.74) is 1.01. The summed E-state index contributed by atoms with van der Waals surface area (Å²) in [5.74, 6) is 0.513. The molecule has 2 aromatic rings. The molecular formula is C18H23ClN4OS. The summed E-state index contributed by atoms with van der Waals surface area (Å²) in [4.78, 5) is 26.9. The number of anilines is 1. The lowest BCUT2D eigenvalue weighted by Gasteiger charge is -2.39. The number of halogens is 1. The molecule has 0 radical (unpaired) electrons. The lowest BCUT2D eigenvalue weighted by molar-refractivity contribution is 0.237. The molecular weight excluding hydrogens is 356 g/mol. The van der Waals surface area contributed by atoms with E-state index in [9.17, 15) is 4.79 Å². The van der Waals surface area contributed by atoms with Gasteiger partial charge in [0.05, 0.1) is 21.9 Å². The Morgan fingerprint density at radius 2 is 2.08 bits per heavy atom. The van der Waals surface area contributed by atoms with E-state index < -0.39 is 0 Å². The highest BCUT2D eigenvalue weighted by Crippen LogP contribution is 2.35. The van der Waals surface area contributed by atoms with Crippen LogP contribution in [0.25, 0.3) is 0 Å². The fourth-order valence-corrected chi connectivity index (χ4v) is 4.07. The number of rotatable bonds is 4. The van der Waals surface area contributed by atoms with E-state index in [-0.39, 0.29) is 5.56 Å². The normalized spacial score (nSPS) is 16.9. The van der Waals surface area contributed by atoms with Gasteiger partial charge < -0.3 is 9.88 Å². The average Bonchev–Trinajstić information content (AvgIpc) is 2.60. The zero-order valence-corrected chi connectivity index (χ0v) is 16.4. The van der Waals surface area contributed by atoms with Gasteiger partial charge in [0.15, 0.2) is 5.82 Å². The molecule has 0 bridgehead atoms. The van der Waals surface area contributed by atoms with Crippen molar-refractivity contribution in [2.24, 2.45) is 5.41 Å². The molecule has 0 amide bonds. The first-order chi connectivity index (χ1) is 11.9. The Balaban J connectivity index is 1.76. The van der Waals surface area contributed by atoms with Crippen LogP contribution in [0.2, 0.25) is 5.02 Å². The van der Waals surface area contributed by atoms with Gasteiger partial charge in [-0.05, 0) is 31.2 Å². The number of piperidine rings is 1. The van der Waals surface area contributed by atoms with E-state index in [4.69, 9.17) is 11.6 Å². The number of pyridine rings is 1. The van der Waals surface area contributed by atoms with Crippen molar-refractivity contribution < 1.29 is 0 Å². The Labute approximate surface area is 157 Å². The van der Waals surface area contributed by atoms with Crippen LogP contribution in [0.5, 0.6) is 0 Å². The lowest BCUT2D eigenvalue weighted by atomic mass is 9.78. The van der Waals surface area contributed by atoms with Gasteiger partial charge in [-0.1, -0.05) is 43.6 Å². The zero-order valence-electron chi connectivity index (χ0n) is 14.8. The van der Waals surface area contributed by atoms with Crippen molar-refractivity contribution in [3.8, 4) is 0 Å². The molecule has 0 atom stereocenters. The fraction of sp³-hybridized carbons (Fsp3) is 0.500. The molecule has 0 saturated carbocycles. The quantitative estimate of drug-likeness (QED) is 0.859. The number of nitrogens with one attached hydrogen (secondary N) is 1.